The van der Waals surface area contributed by atoms with Crippen LogP contribution in [0.4, 0.5) is 11.4 Å². The molecule has 0 heterocycles. The molecule has 7 nitrogen and oxygen atoms in total. The van der Waals surface area contributed by atoms with Crippen molar-refractivity contribution in [3.05, 3.63) is 78.0 Å². The molecule has 0 spiro atoms. The van der Waals surface area contributed by atoms with Crippen molar-refractivity contribution < 1.29 is 18.8 Å². The van der Waals surface area contributed by atoms with Crippen molar-refractivity contribution in [2.75, 3.05) is 37.7 Å². The summed E-state index contributed by atoms with van der Waals surface area (Å²) < 4.78 is 23.0. The van der Waals surface area contributed by atoms with Crippen LogP contribution in [0.3, 0.4) is 0 Å². The number of carbonyl (C=O) groups excluding carboxylic acids is 1. The minimum Gasteiger partial charge on any atom is -0.495 e. The molecule has 2 rings (SSSR count). The van der Waals surface area contributed by atoms with Gasteiger partial charge in [-0.05, 0) is 88.1 Å². The lowest BCUT2D eigenvalue weighted by molar-refractivity contribution is -0.111. The van der Waals surface area contributed by atoms with Crippen LogP contribution in [0, 0.1) is 6.92 Å². The third-order valence-corrected chi connectivity index (χ3v) is 7.34. The van der Waals surface area contributed by atoms with Gasteiger partial charge in [-0.25, -0.2) is 4.99 Å². The first-order valence-electron chi connectivity index (χ1n) is 12.6. The molecule has 0 aliphatic rings. The number of rotatable bonds is 11. The molecule has 0 saturated carbocycles. The van der Waals surface area contributed by atoms with Crippen LogP contribution in [-0.4, -0.2) is 38.8 Å². The number of aryl methyl sites for hydroxylation is 1. The Morgan fingerprint density at radius 3 is 2.41 bits per heavy atom. The number of aliphatic imine (C=N–C) groups is 1. The molecule has 0 unspecified atom stereocenters. The van der Waals surface area contributed by atoms with Gasteiger partial charge in [0.15, 0.2) is 0 Å². The molecular weight excluding hydrogens is 533 g/mol. The number of methoxy groups -OCH3 is 1. The Bertz CT molecular complexity index is 1260. The summed E-state index contributed by atoms with van der Waals surface area (Å²) in [5, 5.41) is 7.20. The summed E-state index contributed by atoms with van der Waals surface area (Å²) in [5.74, 6) is 1.77. The number of anilines is 2. The van der Waals surface area contributed by atoms with Gasteiger partial charge in [0, 0.05) is 17.2 Å². The van der Waals surface area contributed by atoms with Gasteiger partial charge >= 0.3 is 0 Å². The van der Waals surface area contributed by atoms with Crippen molar-refractivity contribution in [3.63, 3.8) is 0 Å². The van der Waals surface area contributed by atoms with E-state index in [4.69, 9.17) is 21.1 Å². The minimum absolute atomic E-state index is 0.289. The molecule has 1 amide bonds. The number of ether oxygens (including phenoxy) is 2. The van der Waals surface area contributed by atoms with Gasteiger partial charge in [-0.2, -0.15) is 0 Å². The summed E-state index contributed by atoms with van der Waals surface area (Å²) in [6, 6.07) is 11.1. The van der Waals surface area contributed by atoms with E-state index in [2.05, 4.69) is 35.7 Å². The van der Waals surface area contributed by atoms with Crippen LogP contribution in [0.5, 0.6) is 11.5 Å². The maximum absolute atomic E-state index is 12.1. The van der Waals surface area contributed by atoms with Gasteiger partial charge in [-0.15, -0.1) is 0 Å². The third kappa shape index (κ3) is 12.4. The second kappa shape index (κ2) is 16.6. The third-order valence-electron chi connectivity index (χ3n) is 5.27. The molecule has 0 aromatic heterocycles. The lowest BCUT2D eigenvalue weighted by Crippen LogP contribution is -2.10. The fourth-order valence-electron chi connectivity index (χ4n) is 3.16. The number of hydrogen-bond donors (Lipinski definition) is 2. The molecule has 0 bridgehead atoms. The number of allylic oxidation sites excluding steroid dienone is 2. The van der Waals surface area contributed by atoms with Crippen molar-refractivity contribution in [3.8, 4) is 11.5 Å². The van der Waals surface area contributed by atoms with Gasteiger partial charge in [0.2, 0.25) is 5.91 Å². The highest BCUT2D eigenvalue weighted by Crippen LogP contribution is 2.37. The molecule has 0 aliphatic carbocycles. The summed E-state index contributed by atoms with van der Waals surface area (Å²) >= 11 is 5.96. The molecule has 0 atom stereocenters. The summed E-state index contributed by atoms with van der Waals surface area (Å²) in [6.45, 7) is 19.2. The van der Waals surface area contributed by atoms with Crippen molar-refractivity contribution in [2.24, 2.45) is 4.99 Å². The Balaban J connectivity index is 0.000000416. The van der Waals surface area contributed by atoms with E-state index in [9.17, 15) is 9.36 Å². The van der Waals surface area contributed by atoms with Crippen LogP contribution in [0.2, 0.25) is 0 Å². The molecule has 2 aromatic rings. The first kappa shape index (κ1) is 33.7. The van der Waals surface area contributed by atoms with Crippen LogP contribution < -0.4 is 25.4 Å². The second-order valence-corrected chi connectivity index (χ2v) is 12.8. The summed E-state index contributed by atoms with van der Waals surface area (Å²) in [6.07, 6.45) is 4.90. The molecule has 39 heavy (non-hydrogen) atoms. The van der Waals surface area contributed by atoms with Crippen molar-refractivity contribution in [1.29, 1.82) is 0 Å². The molecule has 212 valence electrons. The molecular formula is C30H41ClN3O4P. The monoisotopic (exact) mass is 573 g/mol. The fourth-order valence-corrected chi connectivity index (χ4v) is 4.57. The first-order valence-corrected chi connectivity index (χ1v) is 15.5. The molecule has 0 fully saturated rings. The highest BCUT2D eigenvalue weighted by Gasteiger charge is 2.14. The van der Waals surface area contributed by atoms with Crippen LogP contribution in [0.1, 0.15) is 39.2 Å². The zero-order valence-corrected chi connectivity index (χ0v) is 25.7. The smallest absolute Gasteiger partial charge is 0.247 e. The largest absolute Gasteiger partial charge is 0.495 e. The Kier molecular flexibility index (Phi) is 14.4. The van der Waals surface area contributed by atoms with Gasteiger partial charge in [-0.1, -0.05) is 44.2 Å². The van der Waals surface area contributed by atoms with Crippen molar-refractivity contribution in [2.45, 2.75) is 40.5 Å². The Labute approximate surface area is 238 Å². The summed E-state index contributed by atoms with van der Waals surface area (Å²) in [4.78, 5) is 15.6. The number of unbranched alkanes of at least 4 members (excludes halogenated alkanes) is 1. The number of carbonyl (C=O) groups is 1. The number of benzene rings is 2. The normalized spacial score (nSPS) is 11.6. The molecule has 0 radical (unpaired) electrons. The second-order valence-electron chi connectivity index (χ2n) is 9.21. The first-order chi connectivity index (χ1) is 18.3. The SMILES string of the molecule is C=CC(=O)Nc1ccc(OC)c(NC(C)=N/C=C(/Cl)C(=C)C)c1.CCCCOc1ccc(C)c(P(C)(C)=O)c1. The zero-order chi connectivity index (χ0) is 29.6. The van der Waals surface area contributed by atoms with E-state index in [0.29, 0.717) is 28.0 Å². The Morgan fingerprint density at radius 1 is 1.15 bits per heavy atom. The zero-order valence-electron chi connectivity index (χ0n) is 24.1. The van der Waals surface area contributed by atoms with Crippen LogP contribution in [0.15, 0.2) is 77.4 Å². The minimum atomic E-state index is -2.20. The lowest BCUT2D eigenvalue weighted by Gasteiger charge is -2.13. The van der Waals surface area contributed by atoms with Gasteiger partial charge < -0.3 is 24.7 Å². The Hall–Kier alpha value is -3.28. The standard InChI is InChI=1S/C17H20ClN3O2.C13H21O2P/c1-6-17(22)21-13-7-8-16(23-5)15(9-13)20-12(4)19-10-14(18)11(2)3;1-5-6-9-15-12-8-7-11(2)13(10-12)16(3,4)14/h6-10H,1-2H2,3-5H3,(H,19,20)(H,21,22);7-8,10H,5-6,9H2,1-4H3/b14-10+;. The number of amidine groups is 1. The molecule has 2 aromatic carbocycles. The maximum atomic E-state index is 12.1. The topological polar surface area (TPSA) is 89.0 Å². The van der Waals surface area contributed by atoms with E-state index in [1.807, 2.05) is 25.1 Å². The molecule has 0 saturated heterocycles. The van der Waals surface area contributed by atoms with Crippen LogP contribution in [0.25, 0.3) is 0 Å². The predicted molar refractivity (Wildman–Crippen MR) is 168 cm³/mol. The van der Waals surface area contributed by atoms with E-state index in [-0.39, 0.29) is 5.91 Å². The van der Waals surface area contributed by atoms with Gasteiger partial charge in [0.05, 0.1) is 24.4 Å². The highest BCUT2D eigenvalue weighted by atomic mass is 35.5. The average Bonchev–Trinajstić information content (AvgIpc) is 2.88. The molecule has 0 aliphatic heterocycles. The fraction of sp³-hybridized carbons (Fsp3) is 0.333. The van der Waals surface area contributed by atoms with Gasteiger partial charge in [0.25, 0.3) is 0 Å². The number of nitrogens with one attached hydrogen (secondary N) is 2. The van der Waals surface area contributed by atoms with E-state index in [1.165, 1.54) is 12.3 Å². The summed E-state index contributed by atoms with van der Waals surface area (Å²) in [7, 11) is -0.639. The van der Waals surface area contributed by atoms with E-state index in [1.54, 1.807) is 52.5 Å². The number of hydrogen-bond acceptors (Lipinski definition) is 5. The van der Waals surface area contributed by atoms with Crippen LogP contribution >= 0.6 is 18.7 Å². The number of halogens is 1. The Morgan fingerprint density at radius 2 is 1.85 bits per heavy atom. The number of amides is 1. The van der Waals surface area contributed by atoms with Crippen molar-refractivity contribution in [1.82, 2.24) is 0 Å². The van der Waals surface area contributed by atoms with E-state index < -0.39 is 7.14 Å². The van der Waals surface area contributed by atoms with Crippen LogP contribution in [-0.2, 0) is 9.36 Å². The van der Waals surface area contributed by atoms with Crippen molar-refractivity contribution >= 4 is 47.2 Å². The van der Waals surface area contributed by atoms with E-state index >= 15 is 0 Å². The lowest BCUT2D eigenvalue weighted by atomic mass is 10.2. The molecule has 9 heteroatoms. The van der Waals surface area contributed by atoms with Gasteiger partial charge in [-0.3, -0.25) is 4.79 Å². The molecule has 2 N–H and O–H groups in total. The average molecular weight is 574 g/mol. The highest BCUT2D eigenvalue weighted by molar-refractivity contribution is 7.70. The number of nitrogens with zero attached hydrogens (tertiary/aromatic N) is 1. The quantitative estimate of drug-likeness (QED) is 0.0717. The maximum Gasteiger partial charge on any atom is 0.247 e. The summed E-state index contributed by atoms with van der Waals surface area (Å²) in [5.41, 5.74) is 3.09. The van der Waals surface area contributed by atoms with Gasteiger partial charge in [0.1, 0.15) is 24.5 Å². The van der Waals surface area contributed by atoms with E-state index in [0.717, 1.165) is 41.6 Å². The predicted octanol–water partition coefficient (Wildman–Crippen LogP) is 7.73.